The van der Waals surface area contributed by atoms with Gasteiger partial charge in [0, 0.05) is 6.07 Å². The van der Waals surface area contributed by atoms with Crippen molar-refractivity contribution in [2.24, 2.45) is 0 Å². The maximum Gasteiger partial charge on any atom is 0.278 e. The maximum absolute atomic E-state index is 13.1. The molecule has 0 unspecified atom stereocenters. The molecule has 0 saturated carbocycles. The number of methoxy groups -OCH3 is 1. The molecule has 1 N–H and O–H groups in total. The third kappa shape index (κ3) is 5.28. The number of nitrogens with zero attached hydrogens (tertiary/aromatic N) is 3. The van der Waals surface area contributed by atoms with Crippen LogP contribution < -0.4 is 14.8 Å². The number of amides is 1. The molecule has 3 rings (SSSR count). The van der Waals surface area contributed by atoms with Gasteiger partial charge in [-0.15, -0.1) is 5.10 Å². The van der Waals surface area contributed by atoms with Crippen molar-refractivity contribution in [3.8, 4) is 17.2 Å². The van der Waals surface area contributed by atoms with Crippen LogP contribution in [-0.2, 0) is 5.41 Å². The fourth-order valence-electron chi connectivity index (χ4n) is 3.25. The average molecular weight is 437 g/mol. The van der Waals surface area contributed by atoms with Gasteiger partial charge >= 0.3 is 0 Å². The minimum atomic E-state index is -0.331. The molecule has 1 heterocycles. The van der Waals surface area contributed by atoms with Gasteiger partial charge in [0.25, 0.3) is 5.91 Å². The molecule has 0 saturated heterocycles. The molecule has 32 heavy (non-hydrogen) atoms. The highest BCUT2D eigenvalue weighted by Gasteiger charge is 2.21. The van der Waals surface area contributed by atoms with Crippen LogP contribution in [0.15, 0.2) is 42.5 Å². The Kier molecular flexibility index (Phi) is 7.18. The van der Waals surface area contributed by atoms with Crippen molar-refractivity contribution in [3.05, 3.63) is 59.4 Å². The molecule has 0 bridgehead atoms. The highest BCUT2D eigenvalue weighted by atomic mass is 16.5. The van der Waals surface area contributed by atoms with Gasteiger partial charge in [0.1, 0.15) is 11.5 Å². The normalized spacial score (nSPS) is 11.3. The Labute approximate surface area is 189 Å². The smallest absolute Gasteiger partial charge is 0.278 e. The number of carbonyl (C=O) groups is 1. The van der Waals surface area contributed by atoms with Gasteiger partial charge in [-0.3, -0.25) is 4.79 Å². The number of hydrogen-bond acceptors (Lipinski definition) is 5. The van der Waals surface area contributed by atoms with Gasteiger partial charge < -0.3 is 14.8 Å². The molecule has 2 aromatic carbocycles. The van der Waals surface area contributed by atoms with Gasteiger partial charge in [0.15, 0.2) is 5.69 Å². The van der Waals surface area contributed by atoms with Crippen LogP contribution in [0.25, 0.3) is 5.69 Å². The molecule has 0 spiro atoms. The summed E-state index contributed by atoms with van der Waals surface area (Å²) < 4.78 is 12.9. The van der Waals surface area contributed by atoms with E-state index in [1.807, 2.05) is 49.4 Å². The minimum Gasteiger partial charge on any atom is -0.497 e. The highest BCUT2D eigenvalue weighted by molar-refractivity contribution is 6.04. The van der Waals surface area contributed by atoms with Gasteiger partial charge in [-0.2, -0.15) is 0 Å². The minimum absolute atomic E-state index is 0.0627. The summed E-state index contributed by atoms with van der Waals surface area (Å²) in [5.41, 5.74) is 3.34. The van der Waals surface area contributed by atoms with E-state index in [1.165, 1.54) is 0 Å². The first kappa shape index (κ1) is 23.3. The third-order valence-electron chi connectivity index (χ3n) is 5.26. The van der Waals surface area contributed by atoms with E-state index in [0.29, 0.717) is 29.5 Å². The van der Waals surface area contributed by atoms with Crippen molar-refractivity contribution >= 4 is 11.6 Å². The van der Waals surface area contributed by atoms with Gasteiger partial charge in [-0.25, -0.2) is 4.68 Å². The van der Waals surface area contributed by atoms with Crippen molar-refractivity contribution in [2.75, 3.05) is 19.0 Å². The number of rotatable bonds is 8. The predicted molar refractivity (Wildman–Crippen MR) is 126 cm³/mol. The number of nitrogens with one attached hydrogen (secondary N) is 1. The monoisotopic (exact) mass is 436 g/mol. The highest BCUT2D eigenvalue weighted by Crippen LogP contribution is 2.32. The van der Waals surface area contributed by atoms with E-state index in [9.17, 15) is 4.79 Å². The predicted octanol–water partition coefficient (Wildman–Crippen LogP) is 5.31. The molecule has 170 valence electrons. The van der Waals surface area contributed by atoms with Crippen LogP contribution in [-0.4, -0.2) is 34.6 Å². The summed E-state index contributed by atoms with van der Waals surface area (Å²) in [6, 6.07) is 13.4. The summed E-state index contributed by atoms with van der Waals surface area (Å²) in [7, 11) is 1.61. The molecule has 7 nitrogen and oxygen atoms in total. The van der Waals surface area contributed by atoms with Crippen LogP contribution in [0, 0.1) is 6.92 Å². The van der Waals surface area contributed by atoms with Crippen LogP contribution in [0.2, 0.25) is 0 Å². The summed E-state index contributed by atoms with van der Waals surface area (Å²) in [6.07, 6.45) is 1.98. The Balaban J connectivity index is 1.90. The summed E-state index contributed by atoms with van der Waals surface area (Å²) in [5.74, 6) is 1.02. The summed E-state index contributed by atoms with van der Waals surface area (Å²) in [4.78, 5) is 13.1. The number of aromatic nitrogens is 3. The largest absolute Gasteiger partial charge is 0.497 e. The molecule has 0 fully saturated rings. The van der Waals surface area contributed by atoms with Gasteiger partial charge in [0.05, 0.1) is 30.8 Å². The number of hydrogen-bond donors (Lipinski definition) is 1. The first-order valence-electron chi connectivity index (χ1n) is 10.9. The lowest BCUT2D eigenvalue weighted by molar-refractivity contribution is 0.102. The topological polar surface area (TPSA) is 78.3 Å². The second-order valence-corrected chi connectivity index (χ2v) is 8.75. The number of benzene rings is 2. The average Bonchev–Trinajstić information content (AvgIpc) is 3.15. The van der Waals surface area contributed by atoms with Crippen molar-refractivity contribution in [2.45, 2.75) is 52.9 Å². The SMILES string of the molecule is CCCCOc1ccc(C(C)(C)C)cc1NC(=O)c1nnn(-c2cccc(OC)c2)c1C. The van der Waals surface area contributed by atoms with Crippen LogP contribution in [0.1, 0.15) is 62.3 Å². The molecule has 0 atom stereocenters. The maximum atomic E-state index is 13.1. The fourth-order valence-corrected chi connectivity index (χ4v) is 3.25. The quantitative estimate of drug-likeness (QED) is 0.484. The Morgan fingerprint density at radius 3 is 2.62 bits per heavy atom. The zero-order chi connectivity index (χ0) is 23.3. The molecule has 1 aromatic heterocycles. The number of unbranched alkanes of at least 4 members (excludes halogenated alkanes) is 1. The Morgan fingerprint density at radius 1 is 1.16 bits per heavy atom. The molecule has 0 aliphatic carbocycles. The first-order chi connectivity index (χ1) is 15.2. The second-order valence-electron chi connectivity index (χ2n) is 8.75. The lowest BCUT2D eigenvalue weighted by Gasteiger charge is -2.21. The Bertz CT molecular complexity index is 1080. The van der Waals surface area contributed by atoms with E-state index in [1.54, 1.807) is 11.8 Å². The van der Waals surface area contributed by atoms with Gasteiger partial charge in [0.2, 0.25) is 0 Å². The van der Waals surface area contributed by atoms with E-state index in [4.69, 9.17) is 9.47 Å². The standard InChI is InChI=1S/C25H32N4O3/c1-7-8-14-32-22-13-12-18(25(3,4)5)15-21(22)26-24(30)23-17(2)29(28-27-23)19-10-9-11-20(16-19)31-6/h9-13,15-16H,7-8,14H2,1-6H3,(H,26,30). The van der Waals surface area contributed by atoms with E-state index in [-0.39, 0.29) is 17.0 Å². The lowest BCUT2D eigenvalue weighted by atomic mass is 9.87. The van der Waals surface area contributed by atoms with Crippen LogP contribution in [0.4, 0.5) is 5.69 Å². The van der Waals surface area contributed by atoms with Crippen molar-refractivity contribution in [3.63, 3.8) is 0 Å². The second kappa shape index (κ2) is 9.85. The molecule has 3 aromatic rings. The summed E-state index contributed by atoms with van der Waals surface area (Å²) >= 11 is 0. The number of carbonyl (C=O) groups excluding carboxylic acids is 1. The fraction of sp³-hybridized carbons (Fsp3) is 0.400. The molecule has 0 radical (unpaired) electrons. The first-order valence-corrected chi connectivity index (χ1v) is 10.9. The number of anilines is 1. The molecule has 7 heteroatoms. The Morgan fingerprint density at radius 2 is 1.94 bits per heavy atom. The van der Waals surface area contributed by atoms with Crippen molar-refractivity contribution in [1.82, 2.24) is 15.0 Å². The molecule has 1 amide bonds. The summed E-state index contributed by atoms with van der Waals surface area (Å²) in [5, 5.41) is 11.3. The van der Waals surface area contributed by atoms with Crippen LogP contribution in [0.3, 0.4) is 0 Å². The number of ether oxygens (including phenoxy) is 2. The molecule has 0 aliphatic heterocycles. The molecular weight excluding hydrogens is 404 g/mol. The molecule has 0 aliphatic rings. The zero-order valence-corrected chi connectivity index (χ0v) is 19.7. The molecular formula is C25H32N4O3. The third-order valence-corrected chi connectivity index (χ3v) is 5.26. The van der Waals surface area contributed by atoms with E-state index in [0.717, 1.165) is 24.1 Å². The van der Waals surface area contributed by atoms with E-state index in [2.05, 4.69) is 43.3 Å². The van der Waals surface area contributed by atoms with Crippen LogP contribution in [0.5, 0.6) is 11.5 Å². The lowest BCUT2D eigenvalue weighted by Crippen LogP contribution is -2.17. The van der Waals surface area contributed by atoms with Gasteiger partial charge in [-0.1, -0.05) is 51.5 Å². The van der Waals surface area contributed by atoms with Crippen molar-refractivity contribution < 1.29 is 14.3 Å². The van der Waals surface area contributed by atoms with E-state index >= 15 is 0 Å². The van der Waals surface area contributed by atoms with Gasteiger partial charge in [-0.05, 0) is 48.6 Å². The summed E-state index contributed by atoms with van der Waals surface area (Å²) in [6.45, 7) is 10.9. The Hall–Kier alpha value is -3.35. The zero-order valence-electron chi connectivity index (χ0n) is 19.7. The van der Waals surface area contributed by atoms with E-state index < -0.39 is 0 Å². The van der Waals surface area contributed by atoms with Crippen molar-refractivity contribution in [1.29, 1.82) is 0 Å². The van der Waals surface area contributed by atoms with Crippen LogP contribution >= 0.6 is 0 Å².